The van der Waals surface area contributed by atoms with Gasteiger partial charge < -0.3 is 15.4 Å². The molecule has 0 saturated carbocycles. The second-order valence-corrected chi connectivity index (χ2v) is 4.39. The first-order valence-corrected chi connectivity index (χ1v) is 6.14. The van der Waals surface area contributed by atoms with Gasteiger partial charge >= 0.3 is 0 Å². The molecule has 1 rings (SSSR count). The van der Waals surface area contributed by atoms with Crippen molar-refractivity contribution in [3.05, 3.63) is 28.8 Å². The van der Waals surface area contributed by atoms with E-state index in [-0.39, 0.29) is 5.91 Å². The van der Waals surface area contributed by atoms with Crippen LogP contribution in [0, 0.1) is 13.8 Å². The van der Waals surface area contributed by atoms with Crippen LogP contribution >= 0.6 is 0 Å². The number of amides is 1. The smallest absolute Gasteiger partial charge is 0.221 e. The van der Waals surface area contributed by atoms with Crippen LogP contribution in [0.15, 0.2) is 12.1 Å². The van der Waals surface area contributed by atoms with Crippen molar-refractivity contribution in [2.24, 2.45) is 0 Å². The maximum atomic E-state index is 11.6. The Morgan fingerprint density at radius 1 is 1.33 bits per heavy atom. The Kier molecular flexibility index (Phi) is 5.65. The van der Waals surface area contributed by atoms with Gasteiger partial charge in [0.2, 0.25) is 5.91 Å². The summed E-state index contributed by atoms with van der Waals surface area (Å²) in [4.78, 5) is 11.6. The molecule has 0 bridgehead atoms. The SMILES string of the molecule is CNCCC(=O)NCc1c(C)cc(C)cc1OC. The van der Waals surface area contributed by atoms with E-state index < -0.39 is 0 Å². The van der Waals surface area contributed by atoms with Crippen molar-refractivity contribution in [3.8, 4) is 5.75 Å². The third kappa shape index (κ3) is 4.04. The predicted molar refractivity (Wildman–Crippen MR) is 72.9 cm³/mol. The highest BCUT2D eigenvalue weighted by atomic mass is 16.5. The molecule has 4 nitrogen and oxygen atoms in total. The Morgan fingerprint density at radius 2 is 2.06 bits per heavy atom. The lowest BCUT2D eigenvalue weighted by Gasteiger charge is -2.13. The van der Waals surface area contributed by atoms with Gasteiger partial charge in [0.25, 0.3) is 0 Å². The highest BCUT2D eigenvalue weighted by Gasteiger charge is 2.09. The Balaban J connectivity index is 2.69. The zero-order chi connectivity index (χ0) is 13.5. The number of hydrogen-bond acceptors (Lipinski definition) is 3. The van der Waals surface area contributed by atoms with E-state index in [4.69, 9.17) is 4.74 Å². The molecule has 100 valence electrons. The fourth-order valence-corrected chi connectivity index (χ4v) is 1.88. The molecule has 4 heteroatoms. The zero-order valence-corrected chi connectivity index (χ0v) is 11.6. The topological polar surface area (TPSA) is 50.4 Å². The number of carbonyl (C=O) groups is 1. The van der Waals surface area contributed by atoms with Crippen molar-refractivity contribution in [3.63, 3.8) is 0 Å². The van der Waals surface area contributed by atoms with E-state index >= 15 is 0 Å². The van der Waals surface area contributed by atoms with Crippen molar-refractivity contribution in [1.29, 1.82) is 0 Å². The van der Waals surface area contributed by atoms with Crippen LogP contribution in [0.5, 0.6) is 5.75 Å². The van der Waals surface area contributed by atoms with E-state index in [2.05, 4.69) is 16.7 Å². The summed E-state index contributed by atoms with van der Waals surface area (Å²) >= 11 is 0. The van der Waals surface area contributed by atoms with Crippen LogP contribution in [0.4, 0.5) is 0 Å². The van der Waals surface area contributed by atoms with Gasteiger partial charge in [-0.1, -0.05) is 6.07 Å². The number of rotatable bonds is 6. The molecule has 18 heavy (non-hydrogen) atoms. The number of hydrogen-bond donors (Lipinski definition) is 2. The first-order valence-electron chi connectivity index (χ1n) is 6.14. The van der Waals surface area contributed by atoms with Gasteiger partial charge in [-0.25, -0.2) is 0 Å². The van der Waals surface area contributed by atoms with Crippen molar-refractivity contribution in [2.45, 2.75) is 26.8 Å². The molecule has 1 aromatic rings. The van der Waals surface area contributed by atoms with Gasteiger partial charge in [-0.15, -0.1) is 0 Å². The largest absolute Gasteiger partial charge is 0.496 e. The van der Waals surface area contributed by atoms with Gasteiger partial charge in [0.1, 0.15) is 5.75 Å². The Hall–Kier alpha value is -1.55. The number of ether oxygens (including phenoxy) is 1. The lowest BCUT2D eigenvalue weighted by molar-refractivity contribution is -0.121. The monoisotopic (exact) mass is 250 g/mol. The summed E-state index contributed by atoms with van der Waals surface area (Å²) in [5.41, 5.74) is 3.34. The maximum Gasteiger partial charge on any atom is 0.221 e. The van der Waals surface area contributed by atoms with Crippen molar-refractivity contribution in [1.82, 2.24) is 10.6 Å². The maximum absolute atomic E-state index is 11.6. The van der Waals surface area contributed by atoms with E-state index in [1.807, 2.05) is 27.0 Å². The average molecular weight is 250 g/mol. The molecule has 0 aliphatic carbocycles. The zero-order valence-electron chi connectivity index (χ0n) is 11.6. The molecule has 0 aliphatic rings. The average Bonchev–Trinajstić information content (AvgIpc) is 2.34. The van der Waals surface area contributed by atoms with Crippen LogP contribution < -0.4 is 15.4 Å². The Morgan fingerprint density at radius 3 is 2.67 bits per heavy atom. The van der Waals surface area contributed by atoms with Gasteiger partial charge in [-0.3, -0.25) is 4.79 Å². The summed E-state index contributed by atoms with van der Waals surface area (Å²) in [6.07, 6.45) is 0.490. The number of benzene rings is 1. The molecule has 0 fully saturated rings. The van der Waals surface area contributed by atoms with E-state index in [9.17, 15) is 4.79 Å². The summed E-state index contributed by atoms with van der Waals surface area (Å²) in [7, 11) is 3.49. The molecule has 1 amide bonds. The van der Waals surface area contributed by atoms with E-state index in [1.54, 1.807) is 7.11 Å². The summed E-state index contributed by atoms with van der Waals surface area (Å²) in [6.45, 7) is 5.27. The van der Waals surface area contributed by atoms with Crippen molar-refractivity contribution >= 4 is 5.91 Å². The molecule has 0 heterocycles. The lowest BCUT2D eigenvalue weighted by atomic mass is 10.0. The summed E-state index contributed by atoms with van der Waals surface area (Å²) in [5, 5.41) is 5.86. The fraction of sp³-hybridized carbons (Fsp3) is 0.500. The summed E-state index contributed by atoms with van der Waals surface area (Å²) in [6, 6.07) is 4.08. The molecular weight excluding hydrogens is 228 g/mol. The Bertz CT molecular complexity index is 417. The second kappa shape index (κ2) is 7.01. The van der Waals surface area contributed by atoms with Gasteiger partial charge in [-0.2, -0.15) is 0 Å². The third-order valence-electron chi connectivity index (χ3n) is 2.86. The second-order valence-electron chi connectivity index (χ2n) is 4.39. The number of nitrogens with one attached hydrogen (secondary N) is 2. The van der Waals surface area contributed by atoms with E-state index in [0.717, 1.165) is 22.4 Å². The van der Waals surface area contributed by atoms with Crippen molar-refractivity contribution in [2.75, 3.05) is 20.7 Å². The minimum Gasteiger partial charge on any atom is -0.496 e. The number of carbonyl (C=O) groups excluding carboxylic acids is 1. The van der Waals surface area contributed by atoms with Crippen LogP contribution in [-0.2, 0) is 11.3 Å². The van der Waals surface area contributed by atoms with Crippen LogP contribution in [0.3, 0.4) is 0 Å². The quantitative estimate of drug-likeness (QED) is 0.805. The lowest BCUT2D eigenvalue weighted by Crippen LogP contribution is -2.26. The highest BCUT2D eigenvalue weighted by molar-refractivity contribution is 5.76. The predicted octanol–water partition coefficient (Wildman–Crippen LogP) is 1.54. The molecule has 2 N–H and O–H groups in total. The summed E-state index contributed by atoms with van der Waals surface area (Å²) in [5.74, 6) is 0.882. The molecule has 1 aromatic carbocycles. The summed E-state index contributed by atoms with van der Waals surface area (Å²) < 4.78 is 5.36. The molecule has 0 radical (unpaired) electrons. The van der Waals surface area contributed by atoms with Gasteiger partial charge in [-0.05, 0) is 38.1 Å². The molecule has 0 atom stereocenters. The van der Waals surface area contributed by atoms with Gasteiger partial charge in [0, 0.05) is 25.1 Å². The molecule has 0 spiro atoms. The van der Waals surface area contributed by atoms with E-state index in [1.165, 1.54) is 0 Å². The number of methoxy groups -OCH3 is 1. The van der Waals surface area contributed by atoms with Gasteiger partial charge in [0.05, 0.1) is 7.11 Å². The molecular formula is C14H22N2O2. The minimum absolute atomic E-state index is 0.0476. The van der Waals surface area contributed by atoms with Gasteiger partial charge in [0.15, 0.2) is 0 Å². The molecule has 0 aromatic heterocycles. The Labute approximate surface area is 109 Å². The van der Waals surface area contributed by atoms with Crippen molar-refractivity contribution < 1.29 is 9.53 Å². The normalized spacial score (nSPS) is 10.2. The fourth-order valence-electron chi connectivity index (χ4n) is 1.88. The third-order valence-corrected chi connectivity index (χ3v) is 2.86. The van der Waals surface area contributed by atoms with Crippen LogP contribution in [-0.4, -0.2) is 26.6 Å². The first kappa shape index (κ1) is 14.5. The van der Waals surface area contributed by atoms with Crippen LogP contribution in [0.25, 0.3) is 0 Å². The minimum atomic E-state index is 0.0476. The van der Waals surface area contributed by atoms with E-state index in [0.29, 0.717) is 19.5 Å². The molecule has 0 unspecified atom stereocenters. The molecule has 0 aliphatic heterocycles. The first-order chi connectivity index (χ1) is 8.58. The van der Waals surface area contributed by atoms with Crippen LogP contribution in [0.2, 0.25) is 0 Å². The number of aryl methyl sites for hydroxylation is 2. The highest BCUT2D eigenvalue weighted by Crippen LogP contribution is 2.23. The van der Waals surface area contributed by atoms with Crippen LogP contribution in [0.1, 0.15) is 23.1 Å². The molecule has 0 saturated heterocycles. The standard InChI is InChI=1S/C14H22N2O2/c1-10-7-11(2)12(13(8-10)18-4)9-16-14(17)5-6-15-3/h7-8,15H,5-6,9H2,1-4H3,(H,16,17).